The Bertz CT molecular complexity index is 694. The smallest absolute Gasteiger partial charge is 0.130 e. The van der Waals surface area contributed by atoms with Crippen LogP contribution in [0, 0.1) is 0 Å². The highest BCUT2D eigenvalue weighted by Crippen LogP contribution is 2.07. The lowest BCUT2D eigenvalue weighted by Gasteiger charge is -2.07. The normalized spacial score (nSPS) is 10.6. The number of nitrogens with zero attached hydrogens (tertiary/aromatic N) is 4. The Morgan fingerprint density at radius 1 is 1.00 bits per heavy atom. The first-order chi connectivity index (χ1) is 11.4. The van der Waals surface area contributed by atoms with E-state index < -0.39 is 0 Å². The lowest BCUT2D eigenvalue weighted by atomic mass is 10.1. The number of aryl methyl sites for hydroxylation is 3. The van der Waals surface area contributed by atoms with Crippen molar-refractivity contribution in [1.82, 2.24) is 19.5 Å². The number of anilines is 1. The first-order valence-corrected chi connectivity index (χ1v) is 7.95. The Kier molecular flexibility index (Phi) is 5.34. The van der Waals surface area contributed by atoms with E-state index in [9.17, 15) is 0 Å². The molecule has 2 aromatic heterocycles. The summed E-state index contributed by atoms with van der Waals surface area (Å²) in [5, 5.41) is 3.36. The molecule has 118 valence electrons. The molecular weight excluding hydrogens is 286 g/mol. The molecule has 0 spiro atoms. The maximum atomic E-state index is 4.58. The van der Waals surface area contributed by atoms with Crippen LogP contribution in [0.5, 0.6) is 0 Å². The summed E-state index contributed by atoms with van der Waals surface area (Å²) in [7, 11) is 0. The number of hydrogen-bond donors (Lipinski definition) is 1. The van der Waals surface area contributed by atoms with E-state index in [2.05, 4.69) is 49.1 Å². The van der Waals surface area contributed by atoms with Gasteiger partial charge in [0.15, 0.2) is 0 Å². The van der Waals surface area contributed by atoms with Gasteiger partial charge in [0, 0.05) is 38.1 Å². The standard InChI is InChI=1S/C18H21N5/c1-2-5-16(6-3-1)7-8-17-21-11-9-18(22-17)20-10-4-13-23-14-12-19-15-23/h1-3,5-6,9,11-12,14-15H,4,7-8,10,13H2,(H,20,21,22). The van der Waals surface area contributed by atoms with Gasteiger partial charge in [0.1, 0.15) is 11.6 Å². The van der Waals surface area contributed by atoms with Gasteiger partial charge in [0.05, 0.1) is 6.33 Å². The molecule has 0 bridgehead atoms. The van der Waals surface area contributed by atoms with Crippen LogP contribution in [-0.2, 0) is 19.4 Å². The minimum absolute atomic E-state index is 0.856. The second-order valence-corrected chi connectivity index (χ2v) is 5.42. The number of hydrogen-bond acceptors (Lipinski definition) is 4. The second-order valence-electron chi connectivity index (χ2n) is 5.42. The van der Waals surface area contributed by atoms with Gasteiger partial charge in [0.25, 0.3) is 0 Å². The molecule has 23 heavy (non-hydrogen) atoms. The number of rotatable bonds is 8. The molecule has 0 amide bonds. The fourth-order valence-electron chi connectivity index (χ4n) is 2.42. The van der Waals surface area contributed by atoms with Crippen LogP contribution in [0.4, 0.5) is 5.82 Å². The van der Waals surface area contributed by atoms with E-state index in [1.54, 1.807) is 6.20 Å². The predicted molar refractivity (Wildman–Crippen MR) is 91.2 cm³/mol. The van der Waals surface area contributed by atoms with Crippen LogP contribution in [-0.4, -0.2) is 26.1 Å². The van der Waals surface area contributed by atoms with Gasteiger partial charge in [-0.2, -0.15) is 0 Å². The molecule has 0 aliphatic carbocycles. The molecule has 5 nitrogen and oxygen atoms in total. The Morgan fingerprint density at radius 2 is 1.91 bits per heavy atom. The molecule has 3 rings (SSSR count). The summed E-state index contributed by atoms with van der Waals surface area (Å²) in [5.74, 6) is 1.78. The summed E-state index contributed by atoms with van der Waals surface area (Å²) in [6, 6.07) is 12.4. The molecule has 0 saturated heterocycles. The largest absolute Gasteiger partial charge is 0.370 e. The fourth-order valence-corrected chi connectivity index (χ4v) is 2.42. The summed E-state index contributed by atoms with van der Waals surface area (Å²) in [4.78, 5) is 13.0. The molecule has 1 aromatic carbocycles. The summed E-state index contributed by atoms with van der Waals surface area (Å²) >= 11 is 0. The van der Waals surface area contributed by atoms with Crippen molar-refractivity contribution >= 4 is 5.82 Å². The summed E-state index contributed by atoms with van der Waals surface area (Å²) in [6.07, 6.45) is 10.3. The molecule has 5 heteroatoms. The van der Waals surface area contributed by atoms with Gasteiger partial charge in [-0.3, -0.25) is 0 Å². The van der Waals surface area contributed by atoms with Crippen molar-refractivity contribution in [2.24, 2.45) is 0 Å². The molecule has 0 fully saturated rings. The number of benzene rings is 1. The van der Waals surface area contributed by atoms with Crippen LogP contribution in [0.1, 0.15) is 17.8 Å². The van der Waals surface area contributed by atoms with E-state index in [4.69, 9.17) is 0 Å². The monoisotopic (exact) mass is 307 g/mol. The maximum Gasteiger partial charge on any atom is 0.130 e. The van der Waals surface area contributed by atoms with Crippen molar-refractivity contribution in [3.63, 3.8) is 0 Å². The zero-order chi connectivity index (χ0) is 15.7. The summed E-state index contributed by atoms with van der Waals surface area (Å²) in [6.45, 7) is 1.84. The lowest BCUT2D eigenvalue weighted by molar-refractivity contribution is 0.659. The SMILES string of the molecule is c1ccc(CCc2nccc(NCCCn3ccnc3)n2)cc1. The molecule has 0 saturated carbocycles. The average molecular weight is 307 g/mol. The molecule has 0 aliphatic heterocycles. The van der Waals surface area contributed by atoms with Crippen LogP contribution >= 0.6 is 0 Å². The highest BCUT2D eigenvalue weighted by atomic mass is 15.0. The summed E-state index contributed by atoms with van der Waals surface area (Å²) in [5.41, 5.74) is 1.31. The second kappa shape index (κ2) is 8.08. The molecule has 2 heterocycles. The topological polar surface area (TPSA) is 55.6 Å². The van der Waals surface area contributed by atoms with Gasteiger partial charge < -0.3 is 9.88 Å². The average Bonchev–Trinajstić information content (AvgIpc) is 3.12. The third-order valence-corrected chi connectivity index (χ3v) is 3.64. The van der Waals surface area contributed by atoms with E-state index in [0.717, 1.165) is 44.0 Å². The van der Waals surface area contributed by atoms with Crippen LogP contribution in [0.25, 0.3) is 0 Å². The van der Waals surface area contributed by atoms with Crippen molar-refractivity contribution in [3.05, 3.63) is 72.7 Å². The van der Waals surface area contributed by atoms with Gasteiger partial charge in [-0.25, -0.2) is 15.0 Å². The van der Waals surface area contributed by atoms with E-state index >= 15 is 0 Å². The van der Waals surface area contributed by atoms with Crippen LogP contribution in [0.15, 0.2) is 61.3 Å². The van der Waals surface area contributed by atoms with Gasteiger partial charge >= 0.3 is 0 Å². The van der Waals surface area contributed by atoms with Crippen LogP contribution in [0.3, 0.4) is 0 Å². The molecule has 0 unspecified atom stereocenters. The van der Waals surface area contributed by atoms with Crippen LogP contribution in [0.2, 0.25) is 0 Å². The van der Waals surface area contributed by atoms with E-state index in [0.29, 0.717) is 0 Å². The van der Waals surface area contributed by atoms with Gasteiger partial charge in [-0.1, -0.05) is 30.3 Å². The fraction of sp³-hybridized carbons (Fsp3) is 0.278. The van der Waals surface area contributed by atoms with E-state index in [-0.39, 0.29) is 0 Å². The predicted octanol–water partition coefficient (Wildman–Crippen LogP) is 2.96. The first kappa shape index (κ1) is 15.2. The third-order valence-electron chi connectivity index (χ3n) is 3.64. The van der Waals surface area contributed by atoms with E-state index in [1.165, 1.54) is 5.56 Å². The highest BCUT2D eigenvalue weighted by Gasteiger charge is 2.00. The van der Waals surface area contributed by atoms with Crippen molar-refractivity contribution in [1.29, 1.82) is 0 Å². The summed E-state index contributed by atoms with van der Waals surface area (Å²) < 4.78 is 2.08. The van der Waals surface area contributed by atoms with Gasteiger partial charge in [0.2, 0.25) is 0 Å². The molecule has 0 atom stereocenters. The zero-order valence-electron chi connectivity index (χ0n) is 13.1. The van der Waals surface area contributed by atoms with Crippen molar-refractivity contribution in [2.75, 3.05) is 11.9 Å². The zero-order valence-corrected chi connectivity index (χ0v) is 13.1. The van der Waals surface area contributed by atoms with Crippen LogP contribution < -0.4 is 5.32 Å². The lowest BCUT2D eigenvalue weighted by Crippen LogP contribution is -2.08. The van der Waals surface area contributed by atoms with Gasteiger partial charge in [-0.15, -0.1) is 0 Å². The Balaban J connectivity index is 1.45. The minimum Gasteiger partial charge on any atom is -0.370 e. The minimum atomic E-state index is 0.856. The number of imidazole rings is 1. The maximum absolute atomic E-state index is 4.58. The quantitative estimate of drug-likeness (QED) is 0.650. The molecule has 1 N–H and O–H groups in total. The van der Waals surface area contributed by atoms with E-state index in [1.807, 2.05) is 30.9 Å². The van der Waals surface area contributed by atoms with Gasteiger partial charge in [-0.05, 0) is 24.5 Å². The van der Waals surface area contributed by atoms with Crippen molar-refractivity contribution < 1.29 is 0 Å². The van der Waals surface area contributed by atoms with Crippen molar-refractivity contribution in [2.45, 2.75) is 25.8 Å². The molecule has 3 aromatic rings. The Labute approximate surface area is 136 Å². The molecule has 0 aliphatic rings. The molecule has 0 radical (unpaired) electrons. The first-order valence-electron chi connectivity index (χ1n) is 7.95. The number of aromatic nitrogens is 4. The number of nitrogens with one attached hydrogen (secondary N) is 1. The highest BCUT2D eigenvalue weighted by molar-refractivity contribution is 5.32. The molecular formula is C18H21N5. The third kappa shape index (κ3) is 4.92. The Hall–Kier alpha value is -2.69. The van der Waals surface area contributed by atoms with Crippen molar-refractivity contribution in [3.8, 4) is 0 Å². The Morgan fingerprint density at radius 3 is 2.74 bits per heavy atom.